The molecule has 0 unspecified atom stereocenters. The maximum absolute atomic E-state index is 11.5. The van der Waals surface area contributed by atoms with Gasteiger partial charge in [-0.05, 0) is 44.1 Å². The van der Waals surface area contributed by atoms with E-state index in [1.54, 1.807) is 0 Å². The molecule has 2 heteroatoms. The zero-order valence-electron chi connectivity index (χ0n) is 12.3. The van der Waals surface area contributed by atoms with Crippen molar-refractivity contribution in [3.05, 3.63) is 0 Å². The third-order valence-electron chi connectivity index (χ3n) is 3.85. The molecule has 0 atom stereocenters. The highest BCUT2D eigenvalue weighted by molar-refractivity contribution is 5.60. The van der Waals surface area contributed by atoms with Crippen molar-refractivity contribution in [2.45, 2.75) is 53.4 Å². The Labute approximate surface area is 107 Å². The number of hydrogen-bond acceptors (Lipinski definition) is 2. The van der Waals surface area contributed by atoms with Gasteiger partial charge in [-0.1, -0.05) is 27.7 Å². The van der Waals surface area contributed by atoms with Gasteiger partial charge in [0, 0.05) is 18.5 Å². The molecule has 0 aromatic heterocycles. The largest absolute Gasteiger partial charge is 0.305 e. The summed E-state index contributed by atoms with van der Waals surface area (Å²) in [6.07, 6.45) is 5.81. The van der Waals surface area contributed by atoms with Crippen LogP contribution in [-0.2, 0) is 4.79 Å². The van der Waals surface area contributed by atoms with E-state index < -0.39 is 0 Å². The monoisotopic (exact) mass is 239 g/mol. The lowest BCUT2D eigenvalue weighted by atomic mass is 9.71. The van der Waals surface area contributed by atoms with Gasteiger partial charge < -0.3 is 9.69 Å². The molecule has 0 bridgehead atoms. The van der Waals surface area contributed by atoms with E-state index in [1.807, 2.05) is 0 Å². The average molecular weight is 239 g/mol. The number of aldehydes is 1. The fourth-order valence-corrected chi connectivity index (χ4v) is 3.05. The second-order valence-corrected chi connectivity index (χ2v) is 7.40. The van der Waals surface area contributed by atoms with Gasteiger partial charge in [0.15, 0.2) is 0 Å². The van der Waals surface area contributed by atoms with Crippen molar-refractivity contribution in [2.75, 3.05) is 20.1 Å². The Balaban J connectivity index is 2.54. The molecule has 0 heterocycles. The first-order valence-corrected chi connectivity index (χ1v) is 6.91. The summed E-state index contributed by atoms with van der Waals surface area (Å²) in [5, 5.41) is 0. The number of carbonyl (C=O) groups excluding carboxylic acids is 1. The molecule has 0 aromatic rings. The van der Waals surface area contributed by atoms with Gasteiger partial charge >= 0.3 is 0 Å². The van der Waals surface area contributed by atoms with Gasteiger partial charge in [0.25, 0.3) is 0 Å². The number of nitrogens with zero attached hydrogens (tertiary/aromatic N) is 1. The molecule has 100 valence electrons. The minimum Gasteiger partial charge on any atom is -0.305 e. The van der Waals surface area contributed by atoms with Crippen molar-refractivity contribution in [1.82, 2.24) is 4.90 Å². The van der Waals surface area contributed by atoms with Crippen LogP contribution in [0.5, 0.6) is 0 Å². The van der Waals surface area contributed by atoms with E-state index in [1.165, 1.54) is 19.1 Å². The first-order valence-electron chi connectivity index (χ1n) is 6.91. The minimum absolute atomic E-state index is 0.0630. The van der Waals surface area contributed by atoms with Crippen LogP contribution in [-0.4, -0.2) is 31.3 Å². The SMILES string of the molecule is CC1CCC(C=O)(CN(C)CC(C)(C)C)CC1. The second-order valence-electron chi connectivity index (χ2n) is 7.40. The summed E-state index contributed by atoms with van der Waals surface area (Å²) >= 11 is 0. The summed E-state index contributed by atoms with van der Waals surface area (Å²) < 4.78 is 0. The standard InChI is InChI=1S/C15H29NO/c1-13-6-8-15(12-17,9-7-13)11-16(5)10-14(2,3)4/h12-13H,6-11H2,1-5H3. The zero-order chi connectivity index (χ0) is 13.1. The Bertz CT molecular complexity index is 246. The van der Waals surface area contributed by atoms with Crippen LogP contribution in [0.15, 0.2) is 0 Å². The smallest absolute Gasteiger partial charge is 0.127 e. The Kier molecular flexibility index (Phi) is 4.77. The van der Waals surface area contributed by atoms with E-state index in [9.17, 15) is 4.79 Å². The van der Waals surface area contributed by atoms with Crippen LogP contribution >= 0.6 is 0 Å². The fraction of sp³-hybridized carbons (Fsp3) is 0.933. The van der Waals surface area contributed by atoms with Gasteiger partial charge in [-0.2, -0.15) is 0 Å². The Morgan fingerprint density at radius 2 is 1.82 bits per heavy atom. The molecule has 2 nitrogen and oxygen atoms in total. The first-order chi connectivity index (χ1) is 7.76. The Morgan fingerprint density at radius 3 is 2.24 bits per heavy atom. The molecule has 0 saturated heterocycles. The number of rotatable bonds is 4. The van der Waals surface area contributed by atoms with Crippen molar-refractivity contribution in [1.29, 1.82) is 0 Å². The predicted molar refractivity (Wildman–Crippen MR) is 73.1 cm³/mol. The molecule has 1 fully saturated rings. The van der Waals surface area contributed by atoms with Gasteiger partial charge in [0.1, 0.15) is 6.29 Å². The van der Waals surface area contributed by atoms with Crippen molar-refractivity contribution in [3.8, 4) is 0 Å². The third kappa shape index (κ3) is 4.79. The lowest BCUT2D eigenvalue weighted by molar-refractivity contribution is -0.119. The molecule has 1 rings (SSSR count). The molecule has 0 radical (unpaired) electrons. The zero-order valence-corrected chi connectivity index (χ0v) is 12.3. The highest BCUT2D eigenvalue weighted by Crippen LogP contribution is 2.38. The van der Waals surface area contributed by atoms with Crippen molar-refractivity contribution in [2.24, 2.45) is 16.7 Å². The van der Waals surface area contributed by atoms with Crippen LogP contribution in [0.3, 0.4) is 0 Å². The maximum Gasteiger partial charge on any atom is 0.127 e. The first kappa shape index (κ1) is 14.7. The quantitative estimate of drug-likeness (QED) is 0.701. The number of carbonyl (C=O) groups is 1. The summed E-state index contributed by atoms with van der Waals surface area (Å²) in [5.74, 6) is 0.802. The van der Waals surface area contributed by atoms with Gasteiger partial charge in [-0.25, -0.2) is 0 Å². The van der Waals surface area contributed by atoms with Crippen LogP contribution in [0, 0.1) is 16.7 Å². The molecule has 0 aromatic carbocycles. The van der Waals surface area contributed by atoms with Gasteiger partial charge in [0.2, 0.25) is 0 Å². The van der Waals surface area contributed by atoms with E-state index in [-0.39, 0.29) is 5.41 Å². The summed E-state index contributed by atoms with van der Waals surface area (Å²) in [4.78, 5) is 13.8. The molecule has 0 N–H and O–H groups in total. The Hall–Kier alpha value is -0.370. The van der Waals surface area contributed by atoms with Crippen LogP contribution in [0.1, 0.15) is 53.4 Å². The predicted octanol–water partition coefficient (Wildman–Crippen LogP) is 3.36. The average Bonchev–Trinajstić information content (AvgIpc) is 2.19. The second kappa shape index (κ2) is 5.51. The number of hydrogen-bond donors (Lipinski definition) is 0. The normalized spacial score (nSPS) is 30.6. The maximum atomic E-state index is 11.5. The summed E-state index contributed by atoms with van der Waals surface area (Å²) in [6.45, 7) is 11.0. The minimum atomic E-state index is -0.0630. The van der Waals surface area contributed by atoms with E-state index in [0.29, 0.717) is 5.41 Å². The molecular weight excluding hydrogens is 210 g/mol. The van der Waals surface area contributed by atoms with Crippen molar-refractivity contribution < 1.29 is 4.79 Å². The molecule has 0 aliphatic heterocycles. The van der Waals surface area contributed by atoms with Gasteiger partial charge in [-0.15, -0.1) is 0 Å². The van der Waals surface area contributed by atoms with Crippen LogP contribution < -0.4 is 0 Å². The lowest BCUT2D eigenvalue weighted by Gasteiger charge is -2.39. The van der Waals surface area contributed by atoms with E-state index in [0.717, 1.165) is 31.8 Å². The van der Waals surface area contributed by atoms with Crippen molar-refractivity contribution in [3.63, 3.8) is 0 Å². The molecule has 1 aliphatic rings. The van der Waals surface area contributed by atoms with E-state index in [4.69, 9.17) is 0 Å². The summed E-state index contributed by atoms with van der Waals surface area (Å²) in [6, 6.07) is 0. The van der Waals surface area contributed by atoms with E-state index in [2.05, 4.69) is 39.6 Å². The molecule has 17 heavy (non-hydrogen) atoms. The molecule has 0 amide bonds. The molecular formula is C15H29NO. The third-order valence-corrected chi connectivity index (χ3v) is 3.85. The van der Waals surface area contributed by atoms with Crippen LogP contribution in [0.4, 0.5) is 0 Å². The van der Waals surface area contributed by atoms with E-state index >= 15 is 0 Å². The van der Waals surface area contributed by atoms with Crippen molar-refractivity contribution >= 4 is 6.29 Å². The van der Waals surface area contributed by atoms with Crippen LogP contribution in [0.25, 0.3) is 0 Å². The summed E-state index contributed by atoms with van der Waals surface area (Å²) in [5.41, 5.74) is 0.243. The van der Waals surface area contributed by atoms with Crippen LogP contribution in [0.2, 0.25) is 0 Å². The van der Waals surface area contributed by atoms with Gasteiger partial charge in [-0.3, -0.25) is 0 Å². The Morgan fingerprint density at radius 1 is 1.29 bits per heavy atom. The highest BCUT2D eigenvalue weighted by atomic mass is 16.1. The topological polar surface area (TPSA) is 20.3 Å². The van der Waals surface area contributed by atoms with Gasteiger partial charge in [0.05, 0.1) is 0 Å². The molecule has 0 spiro atoms. The molecule has 1 aliphatic carbocycles. The molecule has 1 saturated carbocycles. The highest BCUT2D eigenvalue weighted by Gasteiger charge is 2.35. The summed E-state index contributed by atoms with van der Waals surface area (Å²) in [7, 11) is 2.15. The fourth-order valence-electron chi connectivity index (χ4n) is 3.05. The lowest BCUT2D eigenvalue weighted by Crippen LogP contribution is -2.42.